The highest BCUT2D eigenvalue weighted by molar-refractivity contribution is 7.19. The first-order chi connectivity index (χ1) is 10.1. The summed E-state index contributed by atoms with van der Waals surface area (Å²) in [4.78, 5) is 16.8. The second-order valence-electron chi connectivity index (χ2n) is 4.93. The molecule has 1 amide bonds. The van der Waals surface area contributed by atoms with Crippen molar-refractivity contribution in [2.45, 2.75) is 0 Å². The van der Waals surface area contributed by atoms with E-state index in [9.17, 15) is 10.1 Å². The quantitative estimate of drug-likeness (QED) is 0.806. The molecule has 0 aliphatic carbocycles. The molecule has 2 heterocycles. The Morgan fingerprint density at radius 3 is 2.76 bits per heavy atom. The molecule has 1 aliphatic heterocycles. The lowest BCUT2D eigenvalue weighted by molar-refractivity contribution is 0.0963. The molecule has 0 radical (unpaired) electrons. The number of nitrogens with zero attached hydrogens (tertiary/aromatic N) is 3. The van der Waals surface area contributed by atoms with Crippen molar-refractivity contribution in [2.24, 2.45) is 0 Å². The fourth-order valence-corrected chi connectivity index (χ4v) is 3.33. The Bertz CT molecular complexity index is 581. The van der Waals surface area contributed by atoms with Crippen molar-refractivity contribution in [1.29, 1.82) is 5.26 Å². The van der Waals surface area contributed by atoms with Crippen molar-refractivity contribution in [3.05, 3.63) is 23.1 Å². The van der Waals surface area contributed by atoms with Crippen molar-refractivity contribution in [1.82, 2.24) is 10.2 Å². The third-order valence-electron chi connectivity index (χ3n) is 3.44. The second kappa shape index (κ2) is 6.61. The first-order valence-electron chi connectivity index (χ1n) is 6.73. The smallest absolute Gasteiger partial charge is 0.263 e. The van der Waals surface area contributed by atoms with Gasteiger partial charge in [0.25, 0.3) is 5.91 Å². The van der Waals surface area contributed by atoms with Gasteiger partial charge in [-0.05, 0) is 7.05 Å². The van der Waals surface area contributed by atoms with Crippen LogP contribution < -0.4 is 16.0 Å². The van der Waals surface area contributed by atoms with Crippen molar-refractivity contribution in [3.8, 4) is 6.07 Å². The lowest BCUT2D eigenvalue weighted by atomic mass is 10.2. The van der Waals surface area contributed by atoms with Crippen LogP contribution in [0.5, 0.6) is 0 Å². The van der Waals surface area contributed by atoms with Gasteiger partial charge in [0, 0.05) is 32.7 Å². The molecular weight excluding hydrogens is 286 g/mol. The molecule has 2 rings (SSSR count). The Hall–Kier alpha value is -2.04. The monoisotopic (exact) mass is 305 g/mol. The maximum absolute atomic E-state index is 12.1. The van der Waals surface area contributed by atoms with Crippen LogP contribution in [0, 0.1) is 11.3 Å². The largest absolute Gasteiger partial charge is 0.396 e. The summed E-state index contributed by atoms with van der Waals surface area (Å²) in [7, 11) is 2.07. The van der Waals surface area contributed by atoms with E-state index in [1.165, 1.54) is 11.3 Å². The average Bonchev–Trinajstić information content (AvgIpc) is 2.82. The number of piperazine rings is 1. The van der Waals surface area contributed by atoms with Crippen molar-refractivity contribution >= 4 is 27.9 Å². The number of hydrogen-bond donors (Lipinski definition) is 2. The number of amides is 1. The van der Waals surface area contributed by atoms with E-state index in [0.29, 0.717) is 17.0 Å². The van der Waals surface area contributed by atoms with Crippen LogP contribution in [0.15, 0.2) is 12.7 Å². The van der Waals surface area contributed by atoms with Gasteiger partial charge in [-0.15, -0.1) is 17.9 Å². The lowest BCUT2D eigenvalue weighted by Gasteiger charge is -2.33. The number of nitriles is 1. The van der Waals surface area contributed by atoms with Gasteiger partial charge in [-0.3, -0.25) is 4.79 Å². The number of likely N-dealkylation sites (N-methyl/N-ethyl adjacent to an activating group) is 1. The molecule has 0 aromatic carbocycles. The highest BCUT2D eigenvalue weighted by Crippen LogP contribution is 2.38. The first kappa shape index (κ1) is 15.4. The number of carbonyl (C=O) groups excluding carboxylic acids is 1. The van der Waals surface area contributed by atoms with Gasteiger partial charge < -0.3 is 20.9 Å². The highest BCUT2D eigenvalue weighted by atomic mass is 32.1. The SMILES string of the molecule is C=CCNC(=O)c1sc(N2CCN(C)CC2)c(C#N)c1N. The summed E-state index contributed by atoms with van der Waals surface area (Å²) < 4.78 is 0. The van der Waals surface area contributed by atoms with Crippen molar-refractivity contribution < 1.29 is 4.79 Å². The van der Waals surface area contributed by atoms with Gasteiger partial charge >= 0.3 is 0 Å². The molecule has 6 nitrogen and oxygen atoms in total. The Balaban J connectivity index is 2.28. The maximum Gasteiger partial charge on any atom is 0.263 e. The van der Waals surface area contributed by atoms with Crippen LogP contribution >= 0.6 is 11.3 Å². The molecule has 1 fully saturated rings. The van der Waals surface area contributed by atoms with Crippen LogP contribution in [-0.4, -0.2) is 50.6 Å². The van der Waals surface area contributed by atoms with Gasteiger partial charge in [-0.1, -0.05) is 6.08 Å². The van der Waals surface area contributed by atoms with Gasteiger partial charge in [0.15, 0.2) is 0 Å². The Labute approximate surface area is 128 Å². The van der Waals surface area contributed by atoms with Gasteiger partial charge in [0.2, 0.25) is 0 Å². The summed E-state index contributed by atoms with van der Waals surface area (Å²) >= 11 is 1.29. The fraction of sp³-hybridized carbons (Fsp3) is 0.429. The van der Waals surface area contributed by atoms with Gasteiger partial charge in [-0.2, -0.15) is 5.26 Å². The minimum absolute atomic E-state index is 0.255. The lowest BCUT2D eigenvalue weighted by Crippen LogP contribution is -2.44. The predicted octanol–water partition coefficient (Wildman–Crippen LogP) is 0.870. The molecule has 1 aliphatic rings. The molecule has 0 saturated carbocycles. The Morgan fingerprint density at radius 1 is 1.52 bits per heavy atom. The van der Waals surface area contributed by atoms with Crippen LogP contribution in [0.3, 0.4) is 0 Å². The zero-order valence-electron chi connectivity index (χ0n) is 12.1. The summed E-state index contributed by atoms with van der Waals surface area (Å²) in [5.41, 5.74) is 6.67. The molecule has 0 unspecified atom stereocenters. The number of nitrogens with two attached hydrogens (primary N) is 1. The zero-order valence-corrected chi connectivity index (χ0v) is 12.9. The molecule has 0 bridgehead atoms. The van der Waals surface area contributed by atoms with Crippen molar-refractivity contribution in [3.63, 3.8) is 0 Å². The standard InChI is InChI=1S/C14H19N5OS/c1-3-4-17-13(20)12-11(16)10(9-15)14(21-12)19-7-5-18(2)6-8-19/h3H,1,4-8,16H2,2H3,(H,17,20). The number of anilines is 2. The summed E-state index contributed by atoms with van der Waals surface area (Å²) in [6.45, 7) is 7.46. The number of nitrogens with one attached hydrogen (secondary N) is 1. The highest BCUT2D eigenvalue weighted by Gasteiger charge is 2.25. The number of hydrogen-bond acceptors (Lipinski definition) is 6. The number of carbonyl (C=O) groups is 1. The Morgan fingerprint density at radius 2 is 2.19 bits per heavy atom. The van der Waals surface area contributed by atoms with E-state index in [1.807, 2.05) is 0 Å². The predicted molar refractivity (Wildman–Crippen MR) is 85.7 cm³/mol. The van der Waals surface area contributed by atoms with Crippen LogP contribution in [0.2, 0.25) is 0 Å². The minimum Gasteiger partial charge on any atom is -0.396 e. The molecule has 1 aromatic rings. The topological polar surface area (TPSA) is 85.4 Å². The summed E-state index contributed by atoms with van der Waals surface area (Å²) in [6.07, 6.45) is 1.61. The summed E-state index contributed by atoms with van der Waals surface area (Å²) in [5, 5.41) is 12.8. The van der Waals surface area contributed by atoms with E-state index in [1.54, 1.807) is 6.08 Å². The van der Waals surface area contributed by atoms with Crippen LogP contribution in [-0.2, 0) is 0 Å². The number of rotatable bonds is 4. The second-order valence-corrected chi connectivity index (χ2v) is 5.92. The maximum atomic E-state index is 12.1. The fourth-order valence-electron chi connectivity index (χ4n) is 2.19. The van der Waals surface area contributed by atoms with E-state index in [2.05, 4.69) is 34.8 Å². The molecule has 1 saturated heterocycles. The van der Waals surface area contributed by atoms with Crippen molar-refractivity contribution in [2.75, 3.05) is 50.4 Å². The zero-order chi connectivity index (χ0) is 15.4. The third kappa shape index (κ3) is 3.17. The molecule has 0 atom stereocenters. The molecular formula is C14H19N5OS. The third-order valence-corrected chi connectivity index (χ3v) is 4.71. The van der Waals surface area contributed by atoms with Crippen LogP contribution in [0.25, 0.3) is 0 Å². The molecule has 1 aromatic heterocycles. The van der Waals surface area contributed by atoms with Gasteiger partial charge in [0.1, 0.15) is 21.5 Å². The number of thiophene rings is 1. The molecule has 112 valence electrons. The van der Waals surface area contributed by atoms with E-state index in [-0.39, 0.29) is 11.6 Å². The van der Waals surface area contributed by atoms with E-state index in [0.717, 1.165) is 31.2 Å². The first-order valence-corrected chi connectivity index (χ1v) is 7.55. The average molecular weight is 305 g/mol. The van der Waals surface area contributed by atoms with Crippen LogP contribution in [0.1, 0.15) is 15.2 Å². The van der Waals surface area contributed by atoms with Gasteiger partial charge in [0.05, 0.1) is 5.69 Å². The van der Waals surface area contributed by atoms with Crippen LogP contribution in [0.4, 0.5) is 10.7 Å². The van der Waals surface area contributed by atoms with E-state index in [4.69, 9.17) is 5.73 Å². The Kier molecular flexibility index (Phi) is 4.83. The molecule has 21 heavy (non-hydrogen) atoms. The van der Waals surface area contributed by atoms with E-state index >= 15 is 0 Å². The van der Waals surface area contributed by atoms with E-state index < -0.39 is 0 Å². The molecule has 0 spiro atoms. The summed E-state index contributed by atoms with van der Waals surface area (Å²) in [6, 6.07) is 2.13. The normalized spacial score (nSPS) is 15.5. The molecule has 3 N–H and O–H groups in total. The number of nitrogen functional groups attached to an aromatic ring is 1. The van der Waals surface area contributed by atoms with Gasteiger partial charge in [-0.25, -0.2) is 0 Å². The minimum atomic E-state index is -0.255. The molecule has 7 heteroatoms. The summed E-state index contributed by atoms with van der Waals surface area (Å²) in [5.74, 6) is -0.255.